The number of nitrogens with two attached hydrogens (primary N) is 1. The highest BCUT2D eigenvalue weighted by Gasteiger charge is 2.05. The molecule has 3 N–H and O–H groups in total. The predicted octanol–water partition coefficient (Wildman–Crippen LogP) is 1.13. The minimum Gasteiger partial charge on any atom is -0.370 e. The average Bonchev–Trinajstić information content (AvgIpc) is 2.29. The first-order chi connectivity index (χ1) is 8.17. The number of benzene rings is 1. The summed E-state index contributed by atoms with van der Waals surface area (Å²) < 4.78 is 4.97. The number of halogens is 1. The Morgan fingerprint density at radius 2 is 2.35 bits per heavy atom. The highest BCUT2D eigenvalue weighted by atomic mass is 35.5. The minimum atomic E-state index is -0.292. The number of nitrogens with one attached hydrogen (secondary N) is 1. The molecule has 0 atom stereocenters. The number of ether oxygens (including phenoxy) is 1. The summed E-state index contributed by atoms with van der Waals surface area (Å²) in [5.41, 5.74) is 6.10. The maximum atomic E-state index is 11.4. The van der Waals surface area contributed by atoms with Crippen molar-refractivity contribution in [2.45, 2.75) is 0 Å². The molecule has 0 saturated carbocycles. The Kier molecular flexibility index (Phi) is 5.43. The Morgan fingerprint density at radius 3 is 2.94 bits per heavy atom. The van der Waals surface area contributed by atoms with Gasteiger partial charge in [0.05, 0.1) is 17.2 Å². The molecule has 0 saturated heterocycles. The molecule has 0 radical (unpaired) electrons. The topological polar surface area (TPSA) is 88.1 Å². The summed E-state index contributed by atoms with van der Waals surface area (Å²) in [6.45, 7) is 0.645. The van der Waals surface area contributed by atoms with E-state index in [1.807, 2.05) is 6.07 Å². The number of carbonyl (C=O) groups excluding carboxylic acids is 1. The van der Waals surface area contributed by atoms with Crippen molar-refractivity contribution in [3.63, 3.8) is 0 Å². The van der Waals surface area contributed by atoms with E-state index in [1.165, 1.54) is 6.07 Å². The average molecular weight is 254 g/mol. The lowest BCUT2D eigenvalue weighted by Gasteiger charge is -2.06. The number of hydrogen-bond acceptors (Lipinski definition) is 4. The largest absolute Gasteiger partial charge is 0.370 e. The molecular weight excluding hydrogens is 242 g/mol. The molecule has 17 heavy (non-hydrogen) atoms. The number of carbonyl (C=O) groups is 1. The van der Waals surface area contributed by atoms with Crippen LogP contribution in [0.1, 0.15) is 5.56 Å². The Balaban J connectivity index is 2.55. The van der Waals surface area contributed by atoms with Crippen molar-refractivity contribution >= 4 is 23.2 Å². The normalized spacial score (nSPS) is 9.71. The zero-order chi connectivity index (χ0) is 12.7. The maximum Gasteiger partial charge on any atom is 0.250 e. The van der Waals surface area contributed by atoms with E-state index in [-0.39, 0.29) is 12.5 Å². The molecule has 0 aliphatic heterocycles. The van der Waals surface area contributed by atoms with Crippen LogP contribution in [-0.4, -0.2) is 25.7 Å². The third kappa shape index (κ3) is 4.41. The SMILES string of the molecule is N#Cc1ccc(NC(=O)COCCN)cc1Cl. The summed E-state index contributed by atoms with van der Waals surface area (Å²) in [6.07, 6.45) is 0. The van der Waals surface area contributed by atoms with Crippen LogP contribution >= 0.6 is 11.6 Å². The molecule has 0 unspecified atom stereocenters. The van der Waals surface area contributed by atoms with E-state index in [1.54, 1.807) is 12.1 Å². The molecule has 1 aromatic rings. The van der Waals surface area contributed by atoms with E-state index in [0.29, 0.717) is 29.4 Å². The molecule has 1 aromatic carbocycles. The van der Waals surface area contributed by atoms with Crippen LogP contribution in [0.3, 0.4) is 0 Å². The molecule has 0 aliphatic rings. The van der Waals surface area contributed by atoms with Crippen LogP contribution in [0.2, 0.25) is 5.02 Å². The second-order valence-electron chi connectivity index (χ2n) is 3.20. The van der Waals surface area contributed by atoms with Gasteiger partial charge in [0.2, 0.25) is 5.91 Å². The van der Waals surface area contributed by atoms with Gasteiger partial charge in [-0.1, -0.05) is 11.6 Å². The molecule has 1 amide bonds. The predicted molar refractivity (Wildman–Crippen MR) is 64.7 cm³/mol. The molecular formula is C11H12ClN3O2. The number of nitriles is 1. The quantitative estimate of drug-likeness (QED) is 0.770. The number of nitrogens with zero attached hydrogens (tertiary/aromatic N) is 1. The van der Waals surface area contributed by atoms with E-state index in [4.69, 9.17) is 27.3 Å². The van der Waals surface area contributed by atoms with Gasteiger partial charge >= 0.3 is 0 Å². The van der Waals surface area contributed by atoms with Gasteiger partial charge in [-0.3, -0.25) is 4.79 Å². The smallest absolute Gasteiger partial charge is 0.250 e. The first-order valence-corrected chi connectivity index (χ1v) is 5.32. The van der Waals surface area contributed by atoms with E-state index < -0.39 is 0 Å². The Labute approximate surface area is 104 Å². The van der Waals surface area contributed by atoms with E-state index in [0.717, 1.165) is 0 Å². The van der Waals surface area contributed by atoms with Gasteiger partial charge in [0, 0.05) is 12.2 Å². The Hall–Kier alpha value is -1.61. The second-order valence-corrected chi connectivity index (χ2v) is 3.60. The van der Waals surface area contributed by atoms with Crippen LogP contribution < -0.4 is 11.1 Å². The van der Waals surface area contributed by atoms with Crippen LogP contribution in [0, 0.1) is 11.3 Å². The molecule has 6 heteroatoms. The van der Waals surface area contributed by atoms with Gasteiger partial charge in [0.15, 0.2) is 0 Å². The minimum absolute atomic E-state index is 0.0607. The molecule has 90 valence electrons. The summed E-state index contributed by atoms with van der Waals surface area (Å²) in [5.74, 6) is -0.292. The lowest BCUT2D eigenvalue weighted by Crippen LogP contribution is -2.20. The molecule has 0 fully saturated rings. The van der Waals surface area contributed by atoms with E-state index in [9.17, 15) is 4.79 Å². The van der Waals surface area contributed by atoms with Crippen molar-refractivity contribution in [1.29, 1.82) is 5.26 Å². The molecule has 0 spiro atoms. The van der Waals surface area contributed by atoms with E-state index in [2.05, 4.69) is 5.32 Å². The standard InChI is InChI=1S/C11H12ClN3O2/c12-10-5-9(2-1-8(10)6-14)15-11(16)7-17-4-3-13/h1-2,5H,3-4,7,13H2,(H,15,16). The highest BCUT2D eigenvalue weighted by Crippen LogP contribution is 2.19. The summed E-state index contributed by atoms with van der Waals surface area (Å²) in [6, 6.07) is 6.59. The third-order valence-electron chi connectivity index (χ3n) is 1.87. The fraction of sp³-hybridized carbons (Fsp3) is 0.273. The van der Waals surface area contributed by atoms with Crippen molar-refractivity contribution in [3.8, 4) is 6.07 Å². The Morgan fingerprint density at radius 1 is 1.59 bits per heavy atom. The lowest BCUT2D eigenvalue weighted by molar-refractivity contribution is -0.120. The van der Waals surface area contributed by atoms with Crippen molar-refractivity contribution < 1.29 is 9.53 Å². The number of rotatable bonds is 5. The van der Waals surface area contributed by atoms with Crippen LogP contribution in [-0.2, 0) is 9.53 Å². The van der Waals surface area contributed by atoms with Crippen LogP contribution in [0.25, 0.3) is 0 Å². The lowest BCUT2D eigenvalue weighted by atomic mass is 10.2. The molecule has 0 aromatic heterocycles. The van der Waals surface area contributed by atoms with Gasteiger partial charge in [-0.15, -0.1) is 0 Å². The summed E-state index contributed by atoms with van der Waals surface area (Å²) in [4.78, 5) is 11.4. The summed E-state index contributed by atoms with van der Waals surface area (Å²) in [5, 5.41) is 11.6. The number of anilines is 1. The van der Waals surface area contributed by atoms with Gasteiger partial charge in [-0.2, -0.15) is 5.26 Å². The highest BCUT2D eigenvalue weighted by molar-refractivity contribution is 6.32. The summed E-state index contributed by atoms with van der Waals surface area (Å²) >= 11 is 5.82. The molecule has 1 rings (SSSR count). The zero-order valence-corrected chi connectivity index (χ0v) is 9.83. The Bertz CT molecular complexity index is 443. The molecule has 5 nitrogen and oxygen atoms in total. The second kappa shape index (κ2) is 6.86. The van der Waals surface area contributed by atoms with Crippen LogP contribution in [0.5, 0.6) is 0 Å². The molecule has 0 bridgehead atoms. The van der Waals surface area contributed by atoms with Gasteiger partial charge in [0.1, 0.15) is 12.7 Å². The van der Waals surface area contributed by atoms with Gasteiger partial charge in [-0.25, -0.2) is 0 Å². The maximum absolute atomic E-state index is 11.4. The molecule has 0 heterocycles. The number of amides is 1. The van der Waals surface area contributed by atoms with Crippen LogP contribution in [0.4, 0.5) is 5.69 Å². The fourth-order valence-electron chi connectivity index (χ4n) is 1.13. The monoisotopic (exact) mass is 253 g/mol. The summed E-state index contributed by atoms with van der Waals surface area (Å²) in [7, 11) is 0. The zero-order valence-electron chi connectivity index (χ0n) is 9.07. The van der Waals surface area contributed by atoms with Crippen LogP contribution in [0.15, 0.2) is 18.2 Å². The van der Waals surface area contributed by atoms with Crippen molar-refractivity contribution in [2.75, 3.05) is 25.1 Å². The van der Waals surface area contributed by atoms with Gasteiger partial charge < -0.3 is 15.8 Å². The van der Waals surface area contributed by atoms with E-state index >= 15 is 0 Å². The molecule has 0 aliphatic carbocycles. The van der Waals surface area contributed by atoms with Gasteiger partial charge in [0.25, 0.3) is 0 Å². The first kappa shape index (κ1) is 13.5. The van der Waals surface area contributed by atoms with Crippen molar-refractivity contribution in [2.24, 2.45) is 5.73 Å². The number of hydrogen-bond donors (Lipinski definition) is 2. The van der Waals surface area contributed by atoms with Crippen molar-refractivity contribution in [3.05, 3.63) is 28.8 Å². The fourth-order valence-corrected chi connectivity index (χ4v) is 1.35. The third-order valence-corrected chi connectivity index (χ3v) is 2.18. The van der Waals surface area contributed by atoms with Crippen molar-refractivity contribution in [1.82, 2.24) is 0 Å². The van der Waals surface area contributed by atoms with Gasteiger partial charge in [-0.05, 0) is 18.2 Å². The first-order valence-electron chi connectivity index (χ1n) is 4.94.